The van der Waals surface area contributed by atoms with Crippen molar-refractivity contribution in [3.8, 4) is 0 Å². The van der Waals surface area contributed by atoms with E-state index in [1.165, 1.54) is 14.8 Å². The summed E-state index contributed by atoms with van der Waals surface area (Å²) in [6, 6.07) is 6.09. The van der Waals surface area contributed by atoms with Crippen LogP contribution in [0.3, 0.4) is 0 Å². The fraction of sp³-hybridized carbons (Fsp3) is 0.538. The Hall–Kier alpha value is -0.270. The fourth-order valence-corrected chi connectivity index (χ4v) is 4.15. The molecule has 1 aliphatic rings. The third-order valence-electron chi connectivity index (χ3n) is 3.32. The van der Waals surface area contributed by atoms with E-state index in [1.807, 2.05) is 30.0 Å². The van der Waals surface area contributed by atoms with Crippen molar-refractivity contribution in [2.75, 3.05) is 32.1 Å². The average molecular weight is 335 g/mol. The summed E-state index contributed by atoms with van der Waals surface area (Å²) in [7, 11) is -0.0306. The second-order valence-electron chi connectivity index (χ2n) is 4.92. The number of nitrogens with zero attached hydrogens (tertiary/aromatic N) is 1. The zero-order chi connectivity index (χ0) is 14.8. The molecule has 0 saturated carbocycles. The van der Waals surface area contributed by atoms with Crippen LogP contribution in [-0.4, -0.2) is 44.9 Å². The Morgan fingerprint density at radius 1 is 1.45 bits per heavy atom. The van der Waals surface area contributed by atoms with E-state index in [1.54, 1.807) is 14.1 Å². The number of benzene rings is 1. The summed E-state index contributed by atoms with van der Waals surface area (Å²) < 4.78 is 24.7. The molecule has 1 unspecified atom stereocenters. The lowest BCUT2D eigenvalue weighted by Crippen LogP contribution is -2.33. The average Bonchev–Trinajstić information content (AvgIpc) is 2.39. The van der Waals surface area contributed by atoms with Gasteiger partial charge in [-0.25, -0.2) is 12.7 Å². The van der Waals surface area contributed by atoms with Gasteiger partial charge in [0.25, 0.3) is 0 Å². The lowest BCUT2D eigenvalue weighted by atomic mass is 10.0. The molecule has 1 atom stereocenters. The summed E-state index contributed by atoms with van der Waals surface area (Å²) in [5.41, 5.74) is 1.18. The number of rotatable bonds is 5. The van der Waals surface area contributed by atoms with Gasteiger partial charge in [0.1, 0.15) is 0 Å². The predicted molar refractivity (Wildman–Crippen MR) is 85.0 cm³/mol. The Labute approximate surface area is 129 Å². The number of hydrogen-bond acceptors (Lipinski definition) is 4. The SMILES string of the molecule is CN(C)S(=O)(=O)CCNC1CCSc2ccc(Cl)cc21. The highest BCUT2D eigenvalue weighted by atomic mass is 35.5. The van der Waals surface area contributed by atoms with Crippen LogP contribution in [-0.2, 0) is 10.0 Å². The molecular weight excluding hydrogens is 316 g/mol. The predicted octanol–water partition coefficient (Wildman–Crippen LogP) is 2.36. The molecule has 20 heavy (non-hydrogen) atoms. The van der Waals surface area contributed by atoms with Gasteiger partial charge in [0.15, 0.2) is 0 Å². The number of halogens is 1. The fourth-order valence-electron chi connectivity index (χ4n) is 2.12. The standard InChI is InChI=1S/C13H19ClN2O2S2/c1-16(2)20(17,18)8-6-15-12-5-7-19-13-4-3-10(14)9-11(12)13/h3-4,9,12,15H,5-8H2,1-2H3. The Bertz CT molecular complexity index is 576. The first-order valence-corrected chi connectivity index (χ1v) is 9.43. The van der Waals surface area contributed by atoms with E-state index < -0.39 is 10.0 Å². The van der Waals surface area contributed by atoms with E-state index in [9.17, 15) is 8.42 Å². The number of thioether (sulfide) groups is 1. The van der Waals surface area contributed by atoms with Gasteiger partial charge in [-0.05, 0) is 35.9 Å². The minimum atomic E-state index is -3.14. The maximum atomic E-state index is 11.7. The highest BCUT2D eigenvalue weighted by molar-refractivity contribution is 7.99. The molecule has 0 saturated heterocycles. The van der Waals surface area contributed by atoms with Crippen LogP contribution in [0.25, 0.3) is 0 Å². The van der Waals surface area contributed by atoms with E-state index in [2.05, 4.69) is 5.32 Å². The van der Waals surface area contributed by atoms with Gasteiger partial charge in [0, 0.05) is 36.6 Å². The van der Waals surface area contributed by atoms with Crippen molar-refractivity contribution in [1.29, 1.82) is 0 Å². The Morgan fingerprint density at radius 2 is 2.20 bits per heavy atom. The van der Waals surface area contributed by atoms with Crippen LogP contribution in [0.15, 0.2) is 23.1 Å². The molecule has 1 aromatic rings. The van der Waals surface area contributed by atoms with E-state index in [0.29, 0.717) is 6.54 Å². The van der Waals surface area contributed by atoms with Crippen molar-refractivity contribution in [1.82, 2.24) is 9.62 Å². The van der Waals surface area contributed by atoms with Crippen molar-refractivity contribution in [3.05, 3.63) is 28.8 Å². The molecule has 0 amide bonds. The van der Waals surface area contributed by atoms with Gasteiger partial charge < -0.3 is 5.32 Å². The molecule has 0 aliphatic carbocycles. The molecule has 0 aromatic heterocycles. The first kappa shape index (κ1) is 16.1. The maximum Gasteiger partial charge on any atom is 0.214 e. The summed E-state index contributed by atoms with van der Waals surface area (Å²) in [6.45, 7) is 0.446. The molecule has 1 N–H and O–H groups in total. The number of hydrogen-bond donors (Lipinski definition) is 1. The van der Waals surface area contributed by atoms with Gasteiger partial charge in [0.2, 0.25) is 10.0 Å². The Morgan fingerprint density at radius 3 is 2.90 bits per heavy atom. The third-order valence-corrected chi connectivity index (χ3v) is 6.51. The van der Waals surface area contributed by atoms with Crippen molar-refractivity contribution in [3.63, 3.8) is 0 Å². The largest absolute Gasteiger partial charge is 0.309 e. The van der Waals surface area contributed by atoms with Gasteiger partial charge in [-0.2, -0.15) is 0 Å². The number of nitrogens with one attached hydrogen (secondary N) is 1. The van der Waals surface area contributed by atoms with E-state index >= 15 is 0 Å². The Kier molecular flexibility index (Phi) is 5.36. The quantitative estimate of drug-likeness (QED) is 0.898. The smallest absolute Gasteiger partial charge is 0.214 e. The van der Waals surface area contributed by atoms with E-state index in [-0.39, 0.29) is 11.8 Å². The summed E-state index contributed by atoms with van der Waals surface area (Å²) >= 11 is 7.87. The topological polar surface area (TPSA) is 49.4 Å². The van der Waals surface area contributed by atoms with Gasteiger partial charge in [-0.1, -0.05) is 11.6 Å². The van der Waals surface area contributed by atoms with Crippen molar-refractivity contribution in [2.24, 2.45) is 0 Å². The zero-order valence-corrected chi connectivity index (χ0v) is 14.0. The van der Waals surface area contributed by atoms with Crippen LogP contribution < -0.4 is 5.32 Å². The molecule has 0 spiro atoms. The second kappa shape index (κ2) is 6.66. The van der Waals surface area contributed by atoms with Crippen LogP contribution >= 0.6 is 23.4 Å². The van der Waals surface area contributed by atoms with Gasteiger partial charge in [0.05, 0.1) is 5.75 Å². The van der Waals surface area contributed by atoms with Gasteiger partial charge in [-0.3, -0.25) is 0 Å². The van der Waals surface area contributed by atoms with Crippen LogP contribution in [0.1, 0.15) is 18.0 Å². The van der Waals surface area contributed by atoms with Crippen molar-refractivity contribution in [2.45, 2.75) is 17.4 Å². The minimum Gasteiger partial charge on any atom is -0.309 e. The van der Waals surface area contributed by atoms with Crippen LogP contribution in [0.5, 0.6) is 0 Å². The van der Waals surface area contributed by atoms with Gasteiger partial charge >= 0.3 is 0 Å². The number of fused-ring (bicyclic) bond motifs is 1. The first-order valence-electron chi connectivity index (χ1n) is 6.46. The summed E-state index contributed by atoms with van der Waals surface area (Å²) in [4.78, 5) is 1.23. The lowest BCUT2D eigenvalue weighted by molar-refractivity contribution is 0.499. The highest BCUT2D eigenvalue weighted by Crippen LogP contribution is 2.37. The molecule has 4 nitrogen and oxygen atoms in total. The van der Waals surface area contributed by atoms with Crippen LogP contribution in [0, 0.1) is 0 Å². The molecule has 0 bridgehead atoms. The molecule has 0 fully saturated rings. The zero-order valence-electron chi connectivity index (χ0n) is 11.6. The monoisotopic (exact) mass is 334 g/mol. The summed E-state index contributed by atoms with van der Waals surface area (Å²) in [6.07, 6.45) is 0.986. The summed E-state index contributed by atoms with van der Waals surface area (Å²) in [5.74, 6) is 1.15. The molecule has 1 aliphatic heterocycles. The first-order chi connectivity index (χ1) is 9.40. The summed E-state index contributed by atoms with van der Waals surface area (Å²) in [5, 5.41) is 4.06. The molecular formula is C13H19ClN2O2S2. The lowest BCUT2D eigenvalue weighted by Gasteiger charge is -2.26. The van der Waals surface area contributed by atoms with Crippen molar-refractivity contribution < 1.29 is 8.42 Å². The third kappa shape index (κ3) is 3.89. The molecule has 112 valence electrons. The van der Waals surface area contributed by atoms with E-state index in [4.69, 9.17) is 11.6 Å². The van der Waals surface area contributed by atoms with Crippen molar-refractivity contribution >= 4 is 33.4 Å². The van der Waals surface area contributed by atoms with Crippen LogP contribution in [0.2, 0.25) is 5.02 Å². The normalized spacial score (nSPS) is 19.1. The maximum absolute atomic E-state index is 11.7. The van der Waals surface area contributed by atoms with Gasteiger partial charge in [-0.15, -0.1) is 11.8 Å². The highest BCUT2D eigenvalue weighted by Gasteiger charge is 2.21. The van der Waals surface area contributed by atoms with E-state index in [0.717, 1.165) is 17.2 Å². The second-order valence-corrected chi connectivity index (χ2v) is 8.80. The molecule has 7 heteroatoms. The minimum absolute atomic E-state index is 0.111. The molecule has 2 rings (SSSR count). The number of sulfonamides is 1. The molecule has 1 heterocycles. The Balaban J connectivity index is 2.01. The molecule has 0 radical (unpaired) electrons. The molecule has 1 aromatic carbocycles. The van der Waals surface area contributed by atoms with Crippen LogP contribution in [0.4, 0.5) is 0 Å².